The van der Waals surface area contributed by atoms with Gasteiger partial charge in [0, 0.05) is 13.0 Å². The van der Waals surface area contributed by atoms with Crippen molar-refractivity contribution in [1.29, 1.82) is 0 Å². The van der Waals surface area contributed by atoms with Gasteiger partial charge in [0.1, 0.15) is 5.82 Å². The van der Waals surface area contributed by atoms with Gasteiger partial charge in [-0.25, -0.2) is 4.98 Å². The molecule has 0 fully saturated rings. The van der Waals surface area contributed by atoms with E-state index in [0.717, 1.165) is 31.6 Å². The number of halogens is 1. The van der Waals surface area contributed by atoms with Crippen LogP contribution in [0.5, 0.6) is 0 Å². The monoisotopic (exact) mass is 270 g/mol. The third-order valence-corrected chi connectivity index (χ3v) is 2.89. The molecule has 0 amide bonds. The standard InChI is InChI=1S/C13H23ClN4/c1-3-5-7-9-11-16-12(14)18-13(17-11)15-10-8-6-4-2/h3-10H2,1-2H3,(H,15,16,17,18). The number of unbranched alkanes of at least 4 members (excludes halogenated alkanes) is 4. The second kappa shape index (κ2) is 9.09. The van der Waals surface area contributed by atoms with E-state index >= 15 is 0 Å². The largest absolute Gasteiger partial charge is 0.354 e. The number of rotatable bonds is 9. The molecule has 5 heteroatoms. The van der Waals surface area contributed by atoms with Gasteiger partial charge in [-0.1, -0.05) is 39.5 Å². The van der Waals surface area contributed by atoms with Gasteiger partial charge >= 0.3 is 0 Å². The summed E-state index contributed by atoms with van der Waals surface area (Å²) in [6, 6.07) is 0. The van der Waals surface area contributed by atoms with Crippen molar-refractivity contribution >= 4 is 17.5 Å². The molecule has 1 rings (SSSR count). The van der Waals surface area contributed by atoms with Gasteiger partial charge < -0.3 is 5.32 Å². The van der Waals surface area contributed by atoms with Crippen molar-refractivity contribution in [3.8, 4) is 0 Å². The van der Waals surface area contributed by atoms with Crippen LogP contribution in [0.25, 0.3) is 0 Å². The lowest BCUT2D eigenvalue weighted by molar-refractivity contribution is 0.688. The molecule has 0 spiro atoms. The second-order valence-electron chi connectivity index (χ2n) is 4.44. The lowest BCUT2D eigenvalue weighted by Gasteiger charge is -2.06. The van der Waals surface area contributed by atoms with E-state index in [2.05, 4.69) is 34.1 Å². The Bertz CT molecular complexity index is 344. The molecule has 102 valence electrons. The van der Waals surface area contributed by atoms with E-state index in [1.165, 1.54) is 25.7 Å². The summed E-state index contributed by atoms with van der Waals surface area (Å²) < 4.78 is 0. The van der Waals surface area contributed by atoms with Crippen molar-refractivity contribution < 1.29 is 0 Å². The molecule has 0 aliphatic rings. The van der Waals surface area contributed by atoms with E-state index in [0.29, 0.717) is 5.95 Å². The van der Waals surface area contributed by atoms with Gasteiger partial charge in [-0.05, 0) is 24.4 Å². The van der Waals surface area contributed by atoms with Crippen molar-refractivity contribution in [3.63, 3.8) is 0 Å². The Kier molecular flexibility index (Phi) is 7.65. The number of hydrogen-bond donors (Lipinski definition) is 1. The third kappa shape index (κ3) is 6.15. The Morgan fingerprint density at radius 3 is 2.39 bits per heavy atom. The Labute approximate surface area is 115 Å². The maximum atomic E-state index is 5.90. The fraction of sp³-hybridized carbons (Fsp3) is 0.769. The highest BCUT2D eigenvalue weighted by molar-refractivity contribution is 6.28. The highest BCUT2D eigenvalue weighted by atomic mass is 35.5. The number of aryl methyl sites for hydroxylation is 1. The van der Waals surface area contributed by atoms with Crippen molar-refractivity contribution in [1.82, 2.24) is 15.0 Å². The molecule has 0 radical (unpaired) electrons. The molecular formula is C13H23ClN4. The predicted octanol–water partition coefficient (Wildman–Crippen LogP) is 3.86. The van der Waals surface area contributed by atoms with Crippen LogP contribution in [0.4, 0.5) is 5.95 Å². The molecule has 0 saturated carbocycles. The zero-order valence-electron chi connectivity index (χ0n) is 11.4. The maximum Gasteiger partial charge on any atom is 0.227 e. The van der Waals surface area contributed by atoms with Crippen LogP contribution in [0.2, 0.25) is 5.28 Å². The van der Waals surface area contributed by atoms with Crippen LogP contribution in [-0.4, -0.2) is 21.5 Å². The topological polar surface area (TPSA) is 50.7 Å². The lowest BCUT2D eigenvalue weighted by atomic mass is 10.2. The summed E-state index contributed by atoms with van der Waals surface area (Å²) in [5.41, 5.74) is 0. The van der Waals surface area contributed by atoms with E-state index in [-0.39, 0.29) is 5.28 Å². The molecule has 1 aromatic heterocycles. The van der Waals surface area contributed by atoms with Gasteiger partial charge in [-0.3, -0.25) is 0 Å². The van der Waals surface area contributed by atoms with E-state index in [4.69, 9.17) is 11.6 Å². The SMILES string of the molecule is CCCCCNc1nc(Cl)nc(CCCCC)n1. The van der Waals surface area contributed by atoms with Crippen LogP contribution in [0.1, 0.15) is 58.2 Å². The first kappa shape index (κ1) is 15.2. The summed E-state index contributed by atoms with van der Waals surface area (Å²) >= 11 is 5.90. The summed E-state index contributed by atoms with van der Waals surface area (Å²) in [4.78, 5) is 12.6. The molecule has 0 unspecified atom stereocenters. The summed E-state index contributed by atoms with van der Waals surface area (Å²) in [7, 11) is 0. The quantitative estimate of drug-likeness (QED) is 0.692. The van der Waals surface area contributed by atoms with Crippen molar-refractivity contribution in [2.45, 2.75) is 58.8 Å². The predicted molar refractivity (Wildman–Crippen MR) is 76.1 cm³/mol. The molecule has 0 atom stereocenters. The molecule has 1 N–H and O–H groups in total. The average molecular weight is 271 g/mol. The molecule has 1 aromatic rings. The van der Waals surface area contributed by atoms with Gasteiger partial charge in [0.15, 0.2) is 0 Å². The molecule has 0 bridgehead atoms. The number of aromatic nitrogens is 3. The fourth-order valence-electron chi connectivity index (χ4n) is 1.69. The fourth-order valence-corrected chi connectivity index (χ4v) is 1.87. The normalized spacial score (nSPS) is 10.6. The summed E-state index contributed by atoms with van der Waals surface area (Å²) in [5, 5.41) is 3.49. The first-order chi connectivity index (χ1) is 8.76. The molecule has 4 nitrogen and oxygen atoms in total. The Hall–Kier alpha value is -0.900. The van der Waals surface area contributed by atoms with E-state index in [1.807, 2.05) is 0 Å². The number of nitrogens with zero attached hydrogens (tertiary/aromatic N) is 3. The molecule has 0 aliphatic heterocycles. The molecule has 1 heterocycles. The Balaban J connectivity index is 2.46. The molecule has 0 aliphatic carbocycles. The zero-order chi connectivity index (χ0) is 13.2. The molecule has 0 aromatic carbocycles. The summed E-state index contributed by atoms with van der Waals surface area (Å²) in [6.07, 6.45) is 7.93. The highest BCUT2D eigenvalue weighted by Crippen LogP contribution is 2.09. The summed E-state index contributed by atoms with van der Waals surface area (Å²) in [5.74, 6) is 1.40. The molecule has 0 saturated heterocycles. The maximum absolute atomic E-state index is 5.90. The first-order valence-corrected chi connectivity index (χ1v) is 7.28. The van der Waals surface area contributed by atoms with Gasteiger partial charge in [0.25, 0.3) is 0 Å². The van der Waals surface area contributed by atoms with E-state index in [9.17, 15) is 0 Å². The van der Waals surface area contributed by atoms with E-state index in [1.54, 1.807) is 0 Å². The number of hydrogen-bond acceptors (Lipinski definition) is 4. The second-order valence-corrected chi connectivity index (χ2v) is 4.77. The van der Waals surface area contributed by atoms with Crippen LogP contribution in [-0.2, 0) is 6.42 Å². The van der Waals surface area contributed by atoms with Crippen LogP contribution in [0, 0.1) is 0 Å². The highest BCUT2D eigenvalue weighted by Gasteiger charge is 2.04. The number of nitrogens with one attached hydrogen (secondary N) is 1. The smallest absolute Gasteiger partial charge is 0.227 e. The van der Waals surface area contributed by atoms with Crippen molar-refractivity contribution in [2.75, 3.05) is 11.9 Å². The van der Waals surface area contributed by atoms with Crippen LogP contribution in [0.3, 0.4) is 0 Å². The van der Waals surface area contributed by atoms with Gasteiger partial charge in [-0.2, -0.15) is 9.97 Å². The zero-order valence-corrected chi connectivity index (χ0v) is 12.1. The molecular weight excluding hydrogens is 248 g/mol. The van der Waals surface area contributed by atoms with Gasteiger partial charge in [0.05, 0.1) is 0 Å². The van der Waals surface area contributed by atoms with Crippen molar-refractivity contribution in [3.05, 3.63) is 11.1 Å². The van der Waals surface area contributed by atoms with Gasteiger partial charge in [0.2, 0.25) is 11.2 Å². The number of anilines is 1. The Morgan fingerprint density at radius 1 is 0.944 bits per heavy atom. The van der Waals surface area contributed by atoms with Crippen LogP contribution in [0.15, 0.2) is 0 Å². The Morgan fingerprint density at radius 2 is 1.67 bits per heavy atom. The average Bonchev–Trinajstić information content (AvgIpc) is 2.34. The van der Waals surface area contributed by atoms with E-state index < -0.39 is 0 Å². The minimum atomic E-state index is 0.287. The van der Waals surface area contributed by atoms with Crippen LogP contribution < -0.4 is 5.32 Å². The first-order valence-electron chi connectivity index (χ1n) is 6.90. The van der Waals surface area contributed by atoms with Crippen molar-refractivity contribution in [2.24, 2.45) is 0 Å². The lowest BCUT2D eigenvalue weighted by Crippen LogP contribution is -2.08. The van der Waals surface area contributed by atoms with Gasteiger partial charge in [-0.15, -0.1) is 0 Å². The minimum absolute atomic E-state index is 0.287. The third-order valence-electron chi connectivity index (χ3n) is 2.72. The summed E-state index contributed by atoms with van der Waals surface area (Å²) in [6.45, 7) is 5.26. The molecule has 18 heavy (non-hydrogen) atoms. The van der Waals surface area contributed by atoms with Crippen LogP contribution >= 0.6 is 11.6 Å². The minimum Gasteiger partial charge on any atom is -0.354 e.